The predicted molar refractivity (Wildman–Crippen MR) is 73.5 cm³/mol. The summed E-state index contributed by atoms with van der Waals surface area (Å²) in [7, 11) is 0. The zero-order valence-corrected chi connectivity index (χ0v) is 11.1. The molecule has 96 valence electrons. The topological polar surface area (TPSA) is 15.3 Å². The molecule has 4 aliphatic rings. The molecule has 4 bridgehead atoms. The second kappa shape index (κ2) is 4.07. The first-order valence-corrected chi connectivity index (χ1v) is 7.35. The number of aryl methyl sites for hydroxylation is 1. The van der Waals surface area contributed by atoms with E-state index in [1.165, 1.54) is 36.8 Å². The smallest absolute Gasteiger partial charge is 0.0239 e. The van der Waals surface area contributed by atoms with Crippen molar-refractivity contribution in [2.24, 2.45) is 0 Å². The van der Waals surface area contributed by atoms with Gasteiger partial charge in [-0.1, -0.05) is 29.8 Å². The van der Waals surface area contributed by atoms with Crippen LogP contribution >= 0.6 is 0 Å². The largest absolute Gasteiger partial charge is 0.311 e. The molecule has 0 radical (unpaired) electrons. The predicted octanol–water partition coefficient (Wildman–Crippen LogP) is 2.46. The Bertz CT molecular complexity index is 409. The van der Waals surface area contributed by atoms with Gasteiger partial charge < -0.3 is 5.32 Å². The van der Waals surface area contributed by atoms with Crippen LogP contribution in [0.15, 0.2) is 24.3 Å². The van der Waals surface area contributed by atoms with Crippen LogP contribution in [-0.2, 0) is 6.54 Å². The van der Waals surface area contributed by atoms with Crippen LogP contribution in [0.5, 0.6) is 0 Å². The number of nitrogens with one attached hydrogen (secondary N) is 1. The number of benzene rings is 1. The van der Waals surface area contributed by atoms with E-state index < -0.39 is 0 Å². The van der Waals surface area contributed by atoms with E-state index in [2.05, 4.69) is 41.4 Å². The van der Waals surface area contributed by atoms with Crippen LogP contribution < -0.4 is 5.32 Å². The molecule has 0 aliphatic carbocycles. The molecular formula is C16H22N2. The van der Waals surface area contributed by atoms with Crippen molar-refractivity contribution < 1.29 is 0 Å². The Kier molecular flexibility index (Phi) is 2.49. The van der Waals surface area contributed by atoms with Gasteiger partial charge in [-0.25, -0.2) is 0 Å². The highest BCUT2D eigenvalue weighted by Gasteiger charge is 2.46. The van der Waals surface area contributed by atoms with E-state index in [9.17, 15) is 0 Å². The van der Waals surface area contributed by atoms with Crippen molar-refractivity contribution >= 4 is 0 Å². The maximum Gasteiger partial charge on any atom is 0.0239 e. The first-order chi connectivity index (χ1) is 8.78. The Labute approximate surface area is 109 Å². The molecule has 0 atom stereocenters. The van der Waals surface area contributed by atoms with Gasteiger partial charge in [0.05, 0.1) is 0 Å². The monoisotopic (exact) mass is 242 g/mol. The Morgan fingerprint density at radius 3 is 2.11 bits per heavy atom. The van der Waals surface area contributed by atoms with Gasteiger partial charge in [-0.05, 0) is 38.2 Å². The first kappa shape index (κ1) is 11.0. The fraction of sp³-hybridized carbons (Fsp3) is 0.625. The number of nitrogens with zero attached hydrogens (tertiary/aromatic N) is 1. The molecule has 4 heterocycles. The first-order valence-electron chi connectivity index (χ1n) is 7.35. The van der Waals surface area contributed by atoms with Gasteiger partial charge in [0.15, 0.2) is 0 Å². The summed E-state index contributed by atoms with van der Waals surface area (Å²) >= 11 is 0. The van der Waals surface area contributed by atoms with E-state index in [1.807, 2.05) is 0 Å². The summed E-state index contributed by atoms with van der Waals surface area (Å²) in [5, 5.41) is 3.78. The summed E-state index contributed by atoms with van der Waals surface area (Å²) in [5.41, 5.74) is 2.85. The van der Waals surface area contributed by atoms with Crippen molar-refractivity contribution in [3.05, 3.63) is 35.4 Å². The average molecular weight is 242 g/mol. The third kappa shape index (κ3) is 1.79. The molecule has 1 N–H and O–H groups in total. The highest BCUT2D eigenvalue weighted by molar-refractivity contribution is 5.22. The zero-order valence-electron chi connectivity index (χ0n) is 11.1. The van der Waals surface area contributed by atoms with Gasteiger partial charge in [-0.2, -0.15) is 0 Å². The van der Waals surface area contributed by atoms with Gasteiger partial charge in [-0.3, -0.25) is 4.90 Å². The molecule has 4 fully saturated rings. The maximum absolute atomic E-state index is 3.78. The molecule has 2 heteroatoms. The minimum atomic E-state index is 0.821. The molecule has 0 amide bonds. The summed E-state index contributed by atoms with van der Waals surface area (Å²) in [5.74, 6) is 0. The summed E-state index contributed by atoms with van der Waals surface area (Å²) in [4.78, 5) is 2.79. The molecule has 1 aromatic carbocycles. The van der Waals surface area contributed by atoms with Crippen LogP contribution in [0.3, 0.4) is 0 Å². The van der Waals surface area contributed by atoms with Gasteiger partial charge in [0.25, 0.3) is 0 Å². The molecular weight excluding hydrogens is 220 g/mol. The molecule has 0 unspecified atom stereocenters. The molecule has 0 spiro atoms. The van der Waals surface area contributed by atoms with Gasteiger partial charge in [0, 0.05) is 30.7 Å². The van der Waals surface area contributed by atoms with Gasteiger partial charge in [-0.15, -0.1) is 0 Å². The van der Waals surface area contributed by atoms with Crippen molar-refractivity contribution in [3.63, 3.8) is 0 Å². The van der Waals surface area contributed by atoms with E-state index in [4.69, 9.17) is 0 Å². The Hall–Kier alpha value is -0.860. The molecule has 2 nitrogen and oxygen atoms in total. The number of hydrogen-bond donors (Lipinski definition) is 1. The van der Waals surface area contributed by atoms with Crippen LogP contribution in [0.25, 0.3) is 0 Å². The third-order valence-corrected chi connectivity index (χ3v) is 5.12. The lowest BCUT2D eigenvalue weighted by atomic mass is 9.74. The molecule has 4 aliphatic heterocycles. The lowest BCUT2D eigenvalue weighted by molar-refractivity contribution is -0.0359. The summed E-state index contributed by atoms with van der Waals surface area (Å²) < 4.78 is 0. The summed E-state index contributed by atoms with van der Waals surface area (Å²) in [6, 6.07) is 12.4. The SMILES string of the molecule is Cc1ccc(CN2C3CC4CC2CC(C3)N4)cc1. The second-order valence-electron chi connectivity index (χ2n) is 6.47. The van der Waals surface area contributed by atoms with Crippen molar-refractivity contribution in [3.8, 4) is 0 Å². The van der Waals surface area contributed by atoms with Crippen LogP contribution in [0.2, 0.25) is 0 Å². The van der Waals surface area contributed by atoms with E-state index >= 15 is 0 Å². The summed E-state index contributed by atoms with van der Waals surface area (Å²) in [6.45, 7) is 3.33. The van der Waals surface area contributed by atoms with Crippen LogP contribution in [0.4, 0.5) is 0 Å². The maximum atomic E-state index is 3.78. The van der Waals surface area contributed by atoms with E-state index in [1.54, 1.807) is 0 Å². The second-order valence-corrected chi connectivity index (χ2v) is 6.47. The molecule has 1 aromatic rings. The average Bonchev–Trinajstić information content (AvgIpc) is 2.35. The van der Waals surface area contributed by atoms with E-state index in [0.717, 1.165) is 30.7 Å². The van der Waals surface area contributed by atoms with Gasteiger partial charge in [0.1, 0.15) is 0 Å². The van der Waals surface area contributed by atoms with Crippen molar-refractivity contribution in [2.45, 2.75) is 63.3 Å². The van der Waals surface area contributed by atoms with Crippen molar-refractivity contribution in [2.75, 3.05) is 0 Å². The lowest BCUT2D eigenvalue weighted by Crippen LogP contribution is -2.67. The molecule has 18 heavy (non-hydrogen) atoms. The van der Waals surface area contributed by atoms with E-state index in [0.29, 0.717) is 0 Å². The molecule has 5 rings (SSSR count). The molecule has 4 saturated heterocycles. The normalized spacial score (nSPS) is 38.3. The Morgan fingerprint density at radius 1 is 1.00 bits per heavy atom. The fourth-order valence-electron chi connectivity index (χ4n) is 4.31. The third-order valence-electron chi connectivity index (χ3n) is 5.12. The number of hydrogen-bond acceptors (Lipinski definition) is 2. The Balaban J connectivity index is 1.53. The highest BCUT2D eigenvalue weighted by atomic mass is 15.3. The standard InChI is InChI=1S/C16H22N2/c1-11-2-4-12(5-3-11)10-18-15-6-13-7-16(18)9-14(8-15)17-13/h2-5,13-17H,6-10H2,1H3. The lowest BCUT2D eigenvalue weighted by Gasteiger charge is -2.57. The minimum absolute atomic E-state index is 0.821. The van der Waals surface area contributed by atoms with Crippen LogP contribution in [0, 0.1) is 6.92 Å². The zero-order chi connectivity index (χ0) is 12.1. The Morgan fingerprint density at radius 2 is 1.56 bits per heavy atom. The van der Waals surface area contributed by atoms with Crippen molar-refractivity contribution in [1.82, 2.24) is 10.2 Å². The van der Waals surface area contributed by atoms with Gasteiger partial charge in [0.2, 0.25) is 0 Å². The fourth-order valence-corrected chi connectivity index (χ4v) is 4.31. The van der Waals surface area contributed by atoms with Crippen LogP contribution in [-0.4, -0.2) is 29.1 Å². The molecule has 0 saturated carbocycles. The highest BCUT2D eigenvalue weighted by Crippen LogP contribution is 2.39. The van der Waals surface area contributed by atoms with Crippen molar-refractivity contribution in [1.29, 1.82) is 0 Å². The summed E-state index contributed by atoms with van der Waals surface area (Å²) in [6.07, 6.45) is 5.50. The van der Waals surface area contributed by atoms with Crippen LogP contribution in [0.1, 0.15) is 36.8 Å². The number of rotatable bonds is 2. The number of piperidine rings is 4. The van der Waals surface area contributed by atoms with Gasteiger partial charge >= 0.3 is 0 Å². The minimum Gasteiger partial charge on any atom is -0.311 e. The van der Waals surface area contributed by atoms with E-state index in [-0.39, 0.29) is 0 Å². The quantitative estimate of drug-likeness (QED) is 0.857. The molecule has 0 aromatic heterocycles.